The molecule has 10 rings (SSSR count). The maximum atomic E-state index is 4.71. The van der Waals surface area contributed by atoms with Gasteiger partial charge in [0.1, 0.15) is 5.82 Å². The van der Waals surface area contributed by atoms with Gasteiger partial charge in [0.15, 0.2) is 0 Å². The van der Waals surface area contributed by atoms with Crippen LogP contribution in [-0.2, 0) is 0 Å². The average Bonchev–Trinajstić information content (AvgIpc) is 3.76. The molecule has 4 heterocycles. The van der Waals surface area contributed by atoms with Crippen molar-refractivity contribution >= 4 is 65.4 Å². The van der Waals surface area contributed by atoms with Crippen LogP contribution in [0.3, 0.4) is 0 Å². The third-order valence-corrected chi connectivity index (χ3v) is 9.30. The Morgan fingerprint density at radius 2 is 1.00 bits per heavy atom. The highest BCUT2D eigenvalue weighted by molar-refractivity contribution is 6.15. The summed E-state index contributed by atoms with van der Waals surface area (Å²) in [7, 11) is 0. The number of nitrogens with one attached hydrogen (secondary N) is 1. The number of para-hydroxylation sites is 4. The molecule has 0 aliphatic carbocycles. The zero-order chi connectivity index (χ0) is 29.5. The molecule has 4 aromatic heterocycles. The van der Waals surface area contributed by atoms with Crippen molar-refractivity contribution in [1.82, 2.24) is 19.1 Å². The van der Waals surface area contributed by atoms with E-state index in [1.807, 2.05) is 18.3 Å². The van der Waals surface area contributed by atoms with Crippen LogP contribution in [0, 0.1) is 0 Å². The smallest absolute Gasteiger partial charge is 0.137 e. The molecule has 10 aromatic rings. The number of H-pyrrole nitrogens is 1. The fourth-order valence-electron chi connectivity index (χ4n) is 7.34. The second kappa shape index (κ2) is 9.18. The van der Waals surface area contributed by atoms with E-state index in [-0.39, 0.29) is 0 Å². The van der Waals surface area contributed by atoms with Gasteiger partial charge in [-0.2, -0.15) is 0 Å². The maximum absolute atomic E-state index is 4.71. The molecule has 0 saturated carbocycles. The van der Waals surface area contributed by atoms with Gasteiger partial charge < -0.3 is 9.55 Å². The minimum atomic E-state index is 0.922. The molecular formula is C41H26N4. The van der Waals surface area contributed by atoms with E-state index in [0.717, 1.165) is 33.6 Å². The molecule has 4 nitrogen and oxygen atoms in total. The summed E-state index contributed by atoms with van der Waals surface area (Å²) in [6.45, 7) is 0. The summed E-state index contributed by atoms with van der Waals surface area (Å²) in [5.41, 5.74) is 10.5. The molecule has 4 heteroatoms. The van der Waals surface area contributed by atoms with E-state index in [1.165, 1.54) is 54.5 Å². The number of aromatic nitrogens is 4. The number of fused-ring (bicyclic) bond motifs is 9. The lowest BCUT2D eigenvalue weighted by Crippen LogP contribution is -1.97. The first kappa shape index (κ1) is 24.3. The van der Waals surface area contributed by atoms with Crippen LogP contribution in [0.2, 0.25) is 0 Å². The third kappa shape index (κ3) is 3.45. The van der Waals surface area contributed by atoms with E-state index in [0.29, 0.717) is 0 Å². The quantitative estimate of drug-likeness (QED) is 0.224. The fourth-order valence-corrected chi connectivity index (χ4v) is 7.34. The van der Waals surface area contributed by atoms with E-state index in [2.05, 4.69) is 148 Å². The van der Waals surface area contributed by atoms with Crippen molar-refractivity contribution in [3.8, 4) is 22.6 Å². The molecule has 0 radical (unpaired) electrons. The Labute approximate surface area is 258 Å². The van der Waals surface area contributed by atoms with Gasteiger partial charge in [0.05, 0.1) is 33.3 Å². The minimum Gasteiger partial charge on any atom is -0.353 e. The molecule has 0 aliphatic rings. The molecule has 0 aliphatic heterocycles. The van der Waals surface area contributed by atoms with Crippen LogP contribution in [-0.4, -0.2) is 19.1 Å². The Morgan fingerprint density at radius 1 is 0.422 bits per heavy atom. The Morgan fingerprint density at radius 3 is 1.71 bits per heavy atom. The van der Waals surface area contributed by atoms with E-state index in [9.17, 15) is 0 Å². The highest BCUT2D eigenvalue weighted by Crippen LogP contribution is 2.40. The second-order valence-corrected chi connectivity index (χ2v) is 11.7. The molecule has 210 valence electrons. The topological polar surface area (TPSA) is 38.5 Å². The van der Waals surface area contributed by atoms with Gasteiger partial charge >= 0.3 is 0 Å². The summed E-state index contributed by atoms with van der Waals surface area (Å²) in [6.07, 6.45) is 1.86. The van der Waals surface area contributed by atoms with Crippen molar-refractivity contribution in [3.63, 3.8) is 0 Å². The van der Waals surface area contributed by atoms with Gasteiger partial charge in [-0.1, -0.05) is 84.9 Å². The van der Waals surface area contributed by atoms with Crippen molar-refractivity contribution in [2.24, 2.45) is 0 Å². The van der Waals surface area contributed by atoms with Gasteiger partial charge in [0.2, 0.25) is 0 Å². The number of pyridine rings is 1. The summed E-state index contributed by atoms with van der Waals surface area (Å²) in [4.78, 5) is 8.49. The van der Waals surface area contributed by atoms with Crippen molar-refractivity contribution in [2.75, 3.05) is 0 Å². The number of benzene rings is 6. The highest BCUT2D eigenvalue weighted by Gasteiger charge is 2.19. The first-order valence-corrected chi connectivity index (χ1v) is 15.3. The van der Waals surface area contributed by atoms with Crippen LogP contribution in [0.5, 0.6) is 0 Å². The Balaban J connectivity index is 1.30. The molecule has 6 aromatic carbocycles. The number of aromatic amines is 1. The molecule has 0 unspecified atom stereocenters. The molecular weight excluding hydrogens is 548 g/mol. The number of hydrogen-bond donors (Lipinski definition) is 1. The summed E-state index contributed by atoms with van der Waals surface area (Å²) in [6, 6.07) is 52.3. The highest BCUT2D eigenvalue weighted by atomic mass is 15.1. The van der Waals surface area contributed by atoms with E-state index in [1.54, 1.807) is 0 Å². The standard InChI is InChI=1S/C41H26N4/c1-5-15-34-28(11-1)33-24-27(25-39(41(33)43-34)44-35-16-6-2-12-29(35)30-13-3-7-17-36(30)44)26-20-21-38-32(23-26)31-14-4-8-18-37(31)45(38)40-19-9-10-22-42-40/h1-25,43H. The lowest BCUT2D eigenvalue weighted by Gasteiger charge is -2.13. The Kier molecular flexibility index (Phi) is 4.96. The zero-order valence-corrected chi connectivity index (χ0v) is 24.3. The van der Waals surface area contributed by atoms with E-state index >= 15 is 0 Å². The van der Waals surface area contributed by atoms with Crippen LogP contribution in [0.15, 0.2) is 152 Å². The Hall–Kier alpha value is -6.13. The van der Waals surface area contributed by atoms with Gasteiger partial charge in [-0.25, -0.2) is 4.98 Å². The first-order valence-electron chi connectivity index (χ1n) is 15.3. The van der Waals surface area contributed by atoms with Gasteiger partial charge in [-0.3, -0.25) is 4.57 Å². The zero-order valence-electron chi connectivity index (χ0n) is 24.3. The van der Waals surface area contributed by atoms with Crippen LogP contribution in [0.1, 0.15) is 0 Å². The van der Waals surface area contributed by atoms with Crippen molar-refractivity contribution < 1.29 is 0 Å². The molecule has 45 heavy (non-hydrogen) atoms. The third-order valence-electron chi connectivity index (χ3n) is 9.30. The lowest BCUT2D eigenvalue weighted by atomic mass is 9.99. The van der Waals surface area contributed by atoms with Crippen LogP contribution in [0.4, 0.5) is 0 Å². The predicted octanol–water partition coefficient (Wildman–Crippen LogP) is 10.6. The van der Waals surface area contributed by atoms with Gasteiger partial charge in [-0.05, 0) is 71.8 Å². The van der Waals surface area contributed by atoms with Crippen LogP contribution < -0.4 is 0 Å². The van der Waals surface area contributed by atoms with Gasteiger partial charge in [-0.15, -0.1) is 0 Å². The lowest BCUT2D eigenvalue weighted by molar-refractivity contribution is 1.08. The summed E-state index contributed by atoms with van der Waals surface area (Å²) >= 11 is 0. The van der Waals surface area contributed by atoms with Gasteiger partial charge in [0, 0.05) is 44.0 Å². The fraction of sp³-hybridized carbons (Fsp3) is 0. The maximum Gasteiger partial charge on any atom is 0.137 e. The molecule has 1 N–H and O–H groups in total. The molecule has 0 fully saturated rings. The number of nitrogens with zero attached hydrogens (tertiary/aromatic N) is 3. The van der Waals surface area contributed by atoms with Crippen LogP contribution >= 0.6 is 0 Å². The van der Waals surface area contributed by atoms with Crippen molar-refractivity contribution in [1.29, 1.82) is 0 Å². The molecule has 0 atom stereocenters. The Bertz CT molecular complexity index is 2710. The summed E-state index contributed by atoms with van der Waals surface area (Å²) in [5, 5.41) is 7.39. The average molecular weight is 575 g/mol. The number of hydrogen-bond acceptors (Lipinski definition) is 1. The van der Waals surface area contributed by atoms with Crippen LogP contribution in [0.25, 0.3) is 88.0 Å². The van der Waals surface area contributed by atoms with Crippen molar-refractivity contribution in [2.45, 2.75) is 0 Å². The van der Waals surface area contributed by atoms with Gasteiger partial charge in [0.25, 0.3) is 0 Å². The van der Waals surface area contributed by atoms with E-state index < -0.39 is 0 Å². The van der Waals surface area contributed by atoms with E-state index in [4.69, 9.17) is 4.98 Å². The van der Waals surface area contributed by atoms with Crippen molar-refractivity contribution in [3.05, 3.63) is 152 Å². The largest absolute Gasteiger partial charge is 0.353 e. The first-order chi connectivity index (χ1) is 22.3. The SMILES string of the molecule is c1ccc(-n2c3ccccc3c3cc(-c4cc(-n5c6ccccc6c6ccccc65)c5[nH]c6ccccc6c5c4)ccc32)nc1. The molecule has 0 spiro atoms. The summed E-state index contributed by atoms with van der Waals surface area (Å²) < 4.78 is 4.69. The second-order valence-electron chi connectivity index (χ2n) is 11.7. The normalized spacial score (nSPS) is 12.0. The summed E-state index contributed by atoms with van der Waals surface area (Å²) in [5.74, 6) is 0.922. The number of rotatable bonds is 3. The monoisotopic (exact) mass is 574 g/mol. The predicted molar refractivity (Wildman–Crippen MR) is 188 cm³/mol. The molecule has 0 amide bonds. The minimum absolute atomic E-state index is 0.922. The molecule has 0 saturated heterocycles. The molecule has 0 bridgehead atoms.